The van der Waals surface area contributed by atoms with E-state index in [-0.39, 0.29) is 11.8 Å². The van der Waals surface area contributed by atoms with Crippen LogP contribution in [0.2, 0.25) is 5.02 Å². The van der Waals surface area contributed by atoms with Gasteiger partial charge >= 0.3 is 0 Å². The van der Waals surface area contributed by atoms with Crippen molar-refractivity contribution in [2.75, 3.05) is 13.1 Å². The molecule has 5 nitrogen and oxygen atoms in total. The average Bonchev–Trinajstić information content (AvgIpc) is 2.45. The van der Waals surface area contributed by atoms with Gasteiger partial charge in [0.05, 0.1) is 0 Å². The third kappa shape index (κ3) is 5.93. The van der Waals surface area contributed by atoms with Gasteiger partial charge in [0, 0.05) is 24.5 Å². The maximum atomic E-state index is 11.8. The summed E-state index contributed by atoms with van der Waals surface area (Å²) < 4.78 is 5.47. The van der Waals surface area contributed by atoms with Crippen LogP contribution in [0.5, 0.6) is 5.75 Å². The average molecular weight is 299 g/mol. The smallest absolute Gasteiger partial charge is 0.260 e. The van der Waals surface area contributed by atoms with Crippen molar-refractivity contribution in [3.63, 3.8) is 0 Å². The van der Waals surface area contributed by atoms with E-state index >= 15 is 0 Å². The molecule has 20 heavy (non-hydrogen) atoms. The second-order valence-corrected chi connectivity index (χ2v) is 4.64. The van der Waals surface area contributed by atoms with Crippen LogP contribution in [0.1, 0.15) is 20.3 Å². The molecule has 0 aliphatic rings. The summed E-state index contributed by atoms with van der Waals surface area (Å²) in [5, 5.41) is 5.97. The Hall–Kier alpha value is -1.75. The van der Waals surface area contributed by atoms with Crippen LogP contribution in [0.3, 0.4) is 0 Å². The van der Waals surface area contributed by atoms with Crippen molar-refractivity contribution in [2.45, 2.75) is 26.4 Å². The van der Waals surface area contributed by atoms with Gasteiger partial charge in [0.1, 0.15) is 5.75 Å². The second-order valence-electron chi connectivity index (χ2n) is 4.21. The summed E-state index contributed by atoms with van der Waals surface area (Å²) in [7, 11) is 0. The van der Waals surface area contributed by atoms with Gasteiger partial charge in [-0.1, -0.05) is 18.5 Å². The highest BCUT2D eigenvalue weighted by Gasteiger charge is 2.13. The van der Waals surface area contributed by atoms with E-state index in [1.54, 1.807) is 38.1 Å². The summed E-state index contributed by atoms with van der Waals surface area (Å²) in [4.78, 5) is 22.8. The van der Waals surface area contributed by atoms with Crippen LogP contribution in [0.15, 0.2) is 24.3 Å². The number of carbonyl (C=O) groups is 2. The zero-order chi connectivity index (χ0) is 15.0. The van der Waals surface area contributed by atoms with E-state index in [2.05, 4.69) is 10.6 Å². The molecule has 0 heterocycles. The third-order valence-corrected chi connectivity index (χ3v) is 2.82. The summed E-state index contributed by atoms with van der Waals surface area (Å²) in [6.07, 6.45) is -0.178. The Kier molecular flexibility index (Phi) is 6.87. The second kappa shape index (κ2) is 8.43. The fourth-order valence-corrected chi connectivity index (χ4v) is 1.55. The lowest BCUT2D eigenvalue weighted by Crippen LogP contribution is -2.40. The molecule has 0 saturated carbocycles. The van der Waals surface area contributed by atoms with Crippen LogP contribution in [-0.2, 0) is 9.59 Å². The van der Waals surface area contributed by atoms with Gasteiger partial charge in [0.2, 0.25) is 5.91 Å². The number of halogens is 1. The Labute approximate surface area is 123 Å². The summed E-state index contributed by atoms with van der Waals surface area (Å²) in [5.41, 5.74) is 0. The first kappa shape index (κ1) is 16.3. The molecule has 0 radical (unpaired) electrons. The lowest BCUT2D eigenvalue weighted by molar-refractivity contribution is -0.127. The Balaban J connectivity index is 2.28. The molecule has 0 aliphatic heterocycles. The van der Waals surface area contributed by atoms with Gasteiger partial charge in [-0.3, -0.25) is 9.59 Å². The maximum absolute atomic E-state index is 11.8. The molecule has 1 unspecified atom stereocenters. The largest absolute Gasteiger partial charge is 0.481 e. The molecular formula is C14H19ClN2O3. The van der Waals surface area contributed by atoms with E-state index in [0.717, 1.165) is 0 Å². The van der Waals surface area contributed by atoms with Crippen LogP contribution in [0, 0.1) is 0 Å². The molecule has 1 rings (SSSR count). The highest BCUT2D eigenvalue weighted by Crippen LogP contribution is 2.16. The molecule has 0 bridgehead atoms. The van der Waals surface area contributed by atoms with E-state index in [0.29, 0.717) is 30.3 Å². The highest BCUT2D eigenvalue weighted by atomic mass is 35.5. The van der Waals surface area contributed by atoms with Crippen molar-refractivity contribution in [3.8, 4) is 5.75 Å². The number of benzene rings is 1. The monoisotopic (exact) mass is 298 g/mol. The van der Waals surface area contributed by atoms with Crippen molar-refractivity contribution in [1.29, 1.82) is 0 Å². The molecule has 0 spiro atoms. The number of carbonyl (C=O) groups excluding carboxylic acids is 2. The van der Waals surface area contributed by atoms with E-state index in [1.165, 1.54) is 0 Å². The van der Waals surface area contributed by atoms with Gasteiger partial charge in [-0.2, -0.15) is 0 Å². The number of ether oxygens (including phenoxy) is 1. The van der Waals surface area contributed by atoms with Crippen molar-refractivity contribution in [2.24, 2.45) is 0 Å². The molecule has 0 saturated heterocycles. The van der Waals surface area contributed by atoms with Crippen LogP contribution in [-0.4, -0.2) is 31.0 Å². The van der Waals surface area contributed by atoms with Crippen LogP contribution in [0.25, 0.3) is 0 Å². The first-order valence-electron chi connectivity index (χ1n) is 6.49. The number of nitrogens with one attached hydrogen (secondary N) is 2. The van der Waals surface area contributed by atoms with Crippen LogP contribution >= 0.6 is 11.6 Å². The SMILES string of the molecule is CCC(=O)NCCNC(=O)C(C)Oc1ccc(Cl)cc1. The molecule has 1 aromatic carbocycles. The van der Waals surface area contributed by atoms with E-state index in [4.69, 9.17) is 16.3 Å². The fourth-order valence-electron chi connectivity index (χ4n) is 1.43. The van der Waals surface area contributed by atoms with Crippen LogP contribution in [0.4, 0.5) is 0 Å². The zero-order valence-corrected chi connectivity index (χ0v) is 12.4. The Bertz CT molecular complexity index is 448. The molecule has 1 aromatic rings. The summed E-state index contributed by atoms with van der Waals surface area (Å²) in [5.74, 6) is 0.312. The minimum absolute atomic E-state index is 0.0373. The number of amides is 2. The first-order valence-corrected chi connectivity index (χ1v) is 6.87. The van der Waals surface area contributed by atoms with Gasteiger partial charge in [-0.05, 0) is 31.2 Å². The van der Waals surface area contributed by atoms with Crippen molar-refractivity contribution in [3.05, 3.63) is 29.3 Å². The standard InChI is InChI=1S/C14H19ClN2O3/c1-3-13(18)16-8-9-17-14(19)10(2)20-12-6-4-11(15)5-7-12/h4-7,10H,3,8-9H2,1-2H3,(H,16,18)(H,17,19). The molecule has 2 amide bonds. The lowest BCUT2D eigenvalue weighted by Gasteiger charge is -2.14. The number of hydrogen-bond donors (Lipinski definition) is 2. The summed E-state index contributed by atoms with van der Waals surface area (Å²) in [6.45, 7) is 4.22. The summed E-state index contributed by atoms with van der Waals surface area (Å²) >= 11 is 5.76. The molecule has 0 fully saturated rings. The Morgan fingerprint density at radius 1 is 1.20 bits per heavy atom. The van der Waals surface area contributed by atoms with Crippen molar-refractivity contribution in [1.82, 2.24) is 10.6 Å². The molecule has 2 N–H and O–H groups in total. The Morgan fingerprint density at radius 2 is 1.80 bits per heavy atom. The fraction of sp³-hybridized carbons (Fsp3) is 0.429. The number of hydrogen-bond acceptors (Lipinski definition) is 3. The Morgan fingerprint density at radius 3 is 2.40 bits per heavy atom. The molecule has 6 heteroatoms. The quantitative estimate of drug-likeness (QED) is 0.754. The number of rotatable bonds is 7. The summed E-state index contributed by atoms with van der Waals surface area (Å²) in [6, 6.07) is 6.80. The minimum Gasteiger partial charge on any atom is -0.481 e. The van der Waals surface area contributed by atoms with Gasteiger partial charge in [0.25, 0.3) is 5.91 Å². The topological polar surface area (TPSA) is 67.4 Å². The van der Waals surface area contributed by atoms with Gasteiger partial charge in [-0.25, -0.2) is 0 Å². The maximum Gasteiger partial charge on any atom is 0.260 e. The van der Waals surface area contributed by atoms with E-state index in [9.17, 15) is 9.59 Å². The van der Waals surface area contributed by atoms with Gasteiger partial charge < -0.3 is 15.4 Å². The van der Waals surface area contributed by atoms with Crippen molar-refractivity contribution >= 4 is 23.4 Å². The lowest BCUT2D eigenvalue weighted by atomic mass is 10.3. The van der Waals surface area contributed by atoms with Crippen LogP contribution < -0.4 is 15.4 Å². The predicted octanol–water partition coefficient (Wildman–Crippen LogP) is 1.75. The highest BCUT2D eigenvalue weighted by molar-refractivity contribution is 6.30. The molecule has 110 valence electrons. The predicted molar refractivity (Wildman–Crippen MR) is 77.9 cm³/mol. The third-order valence-electron chi connectivity index (χ3n) is 2.56. The van der Waals surface area contributed by atoms with Crippen molar-refractivity contribution < 1.29 is 14.3 Å². The molecule has 0 aliphatic carbocycles. The molecule has 0 aromatic heterocycles. The zero-order valence-electron chi connectivity index (χ0n) is 11.6. The molecule has 1 atom stereocenters. The molecular weight excluding hydrogens is 280 g/mol. The first-order chi connectivity index (χ1) is 9.52. The van der Waals surface area contributed by atoms with Gasteiger partial charge in [-0.15, -0.1) is 0 Å². The van der Waals surface area contributed by atoms with E-state index in [1.807, 2.05) is 0 Å². The minimum atomic E-state index is -0.613. The normalized spacial score (nSPS) is 11.6. The van der Waals surface area contributed by atoms with Gasteiger partial charge in [0.15, 0.2) is 6.10 Å². The van der Waals surface area contributed by atoms with E-state index < -0.39 is 6.10 Å².